The summed E-state index contributed by atoms with van der Waals surface area (Å²) in [6, 6.07) is 13.1. The quantitative estimate of drug-likeness (QED) is 0.492. The van der Waals surface area contributed by atoms with Crippen molar-refractivity contribution in [2.24, 2.45) is 5.10 Å². The van der Waals surface area contributed by atoms with Gasteiger partial charge >= 0.3 is 0 Å². The van der Waals surface area contributed by atoms with Crippen molar-refractivity contribution in [2.45, 2.75) is 19.8 Å². The zero-order valence-electron chi connectivity index (χ0n) is 13.0. The first-order chi connectivity index (χ1) is 11.5. The van der Waals surface area contributed by atoms with E-state index >= 15 is 0 Å². The molecular weight excluding hydrogens is 330 g/mol. The molecule has 6 nitrogen and oxygen atoms in total. The van der Waals surface area contributed by atoms with E-state index in [0.717, 1.165) is 11.3 Å². The molecule has 2 aromatic carbocycles. The number of non-ortho nitro benzene ring substituents is 1. The fourth-order valence-corrected chi connectivity index (χ4v) is 2.30. The van der Waals surface area contributed by atoms with Crippen LogP contribution in [0, 0.1) is 10.1 Å². The van der Waals surface area contributed by atoms with E-state index in [4.69, 9.17) is 11.6 Å². The lowest BCUT2D eigenvalue weighted by molar-refractivity contribution is -0.384. The van der Waals surface area contributed by atoms with Gasteiger partial charge in [0.25, 0.3) is 5.69 Å². The second kappa shape index (κ2) is 8.21. The minimum atomic E-state index is -0.480. The molecule has 1 N–H and O–H groups in total. The Labute approximate surface area is 144 Å². The number of nitro groups is 1. The topological polar surface area (TPSA) is 84.6 Å². The number of hydrogen-bond donors (Lipinski definition) is 1. The third-order valence-corrected chi connectivity index (χ3v) is 3.56. The lowest BCUT2D eigenvalue weighted by atomic mass is 10.1. The highest BCUT2D eigenvalue weighted by Crippen LogP contribution is 2.13. The molecule has 0 aliphatic heterocycles. The Morgan fingerprint density at radius 2 is 1.96 bits per heavy atom. The van der Waals surface area contributed by atoms with Crippen LogP contribution >= 0.6 is 11.6 Å². The van der Waals surface area contributed by atoms with E-state index in [1.54, 1.807) is 24.3 Å². The number of carbonyl (C=O) groups is 1. The molecule has 0 aliphatic rings. The first-order valence-electron chi connectivity index (χ1n) is 7.34. The molecule has 0 radical (unpaired) electrons. The number of hydrogen-bond acceptors (Lipinski definition) is 4. The zero-order valence-corrected chi connectivity index (χ0v) is 13.8. The smallest absolute Gasteiger partial charge is 0.269 e. The minimum absolute atomic E-state index is 0.00796. The fraction of sp³-hybridized carbons (Fsp3) is 0.176. The molecule has 0 heterocycles. The molecule has 24 heavy (non-hydrogen) atoms. The van der Waals surface area contributed by atoms with E-state index in [0.29, 0.717) is 17.0 Å². The summed E-state index contributed by atoms with van der Waals surface area (Å²) >= 11 is 5.96. The number of nitrogens with zero attached hydrogens (tertiary/aromatic N) is 2. The van der Waals surface area contributed by atoms with Crippen molar-refractivity contribution in [1.82, 2.24) is 5.43 Å². The molecular formula is C17H16ClN3O3. The summed E-state index contributed by atoms with van der Waals surface area (Å²) in [7, 11) is 0. The number of nitrogens with one attached hydrogen (secondary N) is 1. The second-order valence-corrected chi connectivity index (χ2v) is 5.49. The molecule has 0 atom stereocenters. The Morgan fingerprint density at radius 1 is 1.25 bits per heavy atom. The first-order valence-corrected chi connectivity index (χ1v) is 7.72. The first kappa shape index (κ1) is 17.6. The Morgan fingerprint density at radius 3 is 2.54 bits per heavy atom. The summed E-state index contributed by atoms with van der Waals surface area (Å²) in [6.07, 6.45) is 0.728. The molecule has 1 amide bonds. The predicted octanol–water partition coefficient (Wildman–Crippen LogP) is 3.72. The summed E-state index contributed by atoms with van der Waals surface area (Å²) in [4.78, 5) is 22.1. The number of hydrazone groups is 1. The molecule has 2 aromatic rings. The van der Waals surface area contributed by atoms with E-state index in [9.17, 15) is 14.9 Å². The van der Waals surface area contributed by atoms with Crippen LogP contribution in [0.2, 0.25) is 5.02 Å². The van der Waals surface area contributed by atoms with Gasteiger partial charge in [-0.05, 0) is 29.7 Å². The largest absolute Gasteiger partial charge is 0.273 e. The van der Waals surface area contributed by atoms with E-state index in [2.05, 4.69) is 10.5 Å². The molecule has 0 spiro atoms. The van der Waals surface area contributed by atoms with E-state index in [-0.39, 0.29) is 18.0 Å². The van der Waals surface area contributed by atoms with Crippen LogP contribution in [0.25, 0.3) is 0 Å². The van der Waals surface area contributed by atoms with Gasteiger partial charge in [-0.1, -0.05) is 42.8 Å². The maximum absolute atomic E-state index is 12.0. The summed E-state index contributed by atoms with van der Waals surface area (Å²) in [5, 5.41) is 15.4. The number of benzene rings is 2. The van der Waals surface area contributed by atoms with Crippen molar-refractivity contribution < 1.29 is 9.72 Å². The van der Waals surface area contributed by atoms with Crippen molar-refractivity contribution in [3.8, 4) is 0 Å². The van der Waals surface area contributed by atoms with Crippen LogP contribution in [-0.4, -0.2) is 16.5 Å². The van der Waals surface area contributed by atoms with Crippen molar-refractivity contribution in [1.29, 1.82) is 0 Å². The minimum Gasteiger partial charge on any atom is -0.273 e. The maximum Gasteiger partial charge on any atom is 0.269 e. The number of rotatable bonds is 6. The fourth-order valence-electron chi connectivity index (χ4n) is 2.11. The van der Waals surface area contributed by atoms with Gasteiger partial charge in [-0.2, -0.15) is 5.10 Å². The number of amides is 1. The number of halogens is 1. The third kappa shape index (κ3) is 4.89. The summed E-state index contributed by atoms with van der Waals surface area (Å²) in [5.74, 6) is -0.295. The van der Waals surface area contributed by atoms with Gasteiger partial charge in [0.05, 0.1) is 17.1 Å². The van der Waals surface area contributed by atoms with Crippen LogP contribution in [0.3, 0.4) is 0 Å². The van der Waals surface area contributed by atoms with Crippen LogP contribution in [-0.2, 0) is 11.2 Å². The third-order valence-electron chi connectivity index (χ3n) is 3.32. The van der Waals surface area contributed by atoms with Crippen LogP contribution in [0.1, 0.15) is 24.5 Å². The van der Waals surface area contributed by atoms with Crippen molar-refractivity contribution in [3.63, 3.8) is 0 Å². The number of nitro benzene ring substituents is 1. The SMILES string of the molecule is CC/C(=N\NC(=O)Cc1ccc([N+](=O)[O-])cc1)c1cccc(Cl)c1. The zero-order chi connectivity index (χ0) is 17.5. The van der Waals surface area contributed by atoms with Gasteiger partial charge in [0, 0.05) is 17.2 Å². The van der Waals surface area contributed by atoms with Gasteiger partial charge in [-0.15, -0.1) is 0 Å². The van der Waals surface area contributed by atoms with Crippen LogP contribution in [0.4, 0.5) is 5.69 Å². The molecule has 0 bridgehead atoms. The van der Waals surface area contributed by atoms with Gasteiger partial charge in [0.15, 0.2) is 0 Å². The van der Waals surface area contributed by atoms with E-state index in [1.165, 1.54) is 12.1 Å². The van der Waals surface area contributed by atoms with E-state index in [1.807, 2.05) is 19.1 Å². The van der Waals surface area contributed by atoms with Crippen molar-refractivity contribution in [3.05, 3.63) is 74.8 Å². The molecule has 0 fully saturated rings. The van der Waals surface area contributed by atoms with Crippen molar-refractivity contribution in [2.75, 3.05) is 0 Å². The van der Waals surface area contributed by atoms with E-state index < -0.39 is 4.92 Å². The van der Waals surface area contributed by atoms with Gasteiger partial charge in [-0.3, -0.25) is 14.9 Å². The lowest BCUT2D eigenvalue weighted by Gasteiger charge is -2.06. The Balaban J connectivity index is 2.01. The van der Waals surface area contributed by atoms with Gasteiger partial charge in [-0.25, -0.2) is 5.43 Å². The molecule has 0 unspecified atom stereocenters. The molecule has 124 valence electrons. The number of carbonyl (C=O) groups excluding carboxylic acids is 1. The second-order valence-electron chi connectivity index (χ2n) is 5.06. The molecule has 0 saturated carbocycles. The van der Waals surface area contributed by atoms with Gasteiger partial charge < -0.3 is 0 Å². The Bertz CT molecular complexity index is 773. The summed E-state index contributed by atoms with van der Waals surface area (Å²) < 4.78 is 0. The van der Waals surface area contributed by atoms with Crippen molar-refractivity contribution >= 4 is 28.9 Å². The predicted molar refractivity (Wildman–Crippen MR) is 93.2 cm³/mol. The summed E-state index contributed by atoms with van der Waals surface area (Å²) in [6.45, 7) is 1.93. The average Bonchev–Trinajstić information content (AvgIpc) is 2.56. The van der Waals surface area contributed by atoms with Crippen LogP contribution in [0.15, 0.2) is 53.6 Å². The molecule has 0 aromatic heterocycles. The molecule has 0 saturated heterocycles. The Hall–Kier alpha value is -2.73. The average molecular weight is 346 g/mol. The molecule has 7 heteroatoms. The van der Waals surface area contributed by atoms with Gasteiger partial charge in [0.1, 0.15) is 0 Å². The van der Waals surface area contributed by atoms with Crippen LogP contribution < -0.4 is 5.43 Å². The lowest BCUT2D eigenvalue weighted by Crippen LogP contribution is -2.21. The van der Waals surface area contributed by atoms with Crippen LogP contribution in [0.5, 0.6) is 0 Å². The summed E-state index contributed by atoms with van der Waals surface area (Å²) in [5.41, 5.74) is 4.74. The standard InChI is InChI=1S/C17H16ClN3O3/c1-2-16(13-4-3-5-14(18)11-13)19-20-17(22)10-12-6-8-15(9-7-12)21(23)24/h3-9,11H,2,10H2,1H3,(H,20,22)/b19-16+. The monoisotopic (exact) mass is 345 g/mol. The van der Waals surface area contributed by atoms with Gasteiger partial charge in [0.2, 0.25) is 5.91 Å². The highest BCUT2D eigenvalue weighted by molar-refractivity contribution is 6.31. The highest BCUT2D eigenvalue weighted by Gasteiger charge is 2.08. The highest BCUT2D eigenvalue weighted by atomic mass is 35.5. The molecule has 0 aliphatic carbocycles. The molecule has 2 rings (SSSR count). The maximum atomic E-state index is 12.0. The normalized spacial score (nSPS) is 11.2. The Kier molecular flexibility index (Phi) is 6.03.